The summed E-state index contributed by atoms with van der Waals surface area (Å²) in [5.41, 5.74) is 1.69. The van der Waals surface area contributed by atoms with Crippen molar-refractivity contribution in [3.05, 3.63) is 57.8 Å². The minimum absolute atomic E-state index is 0.468. The van der Waals surface area contributed by atoms with E-state index in [1.165, 1.54) is 11.0 Å². The van der Waals surface area contributed by atoms with E-state index in [4.69, 9.17) is 14.6 Å². The van der Waals surface area contributed by atoms with Crippen molar-refractivity contribution in [3.63, 3.8) is 0 Å². The number of ether oxygens (including phenoxy) is 2. The van der Waals surface area contributed by atoms with Crippen LogP contribution in [0, 0.1) is 0 Å². The average Bonchev–Trinajstić information content (AvgIpc) is 2.98. The van der Waals surface area contributed by atoms with Crippen LogP contribution in [0.2, 0.25) is 0 Å². The van der Waals surface area contributed by atoms with Crippen LogP contribution in [0.25, 0.3) is 6.08 Å². The molecule has 0 radical (unpaired) electrons. The SMILES string of the molecule is COc1ccc(COCc2cccs2)cc1C=CC(=O)O. The standard InChI is InChI=1S/C16H16O4S/c1-19-15-6-4-12(9-13(15)5-7-16(17)18)10-20-11-14-3-2-8-21-14/h2-9H,10-11H2,1H3,(H,17,18). The third-order valence-electron chi connectivity index (χ3n) is 2.79. The van der Waals surface area contributed by atoms with Crippen LogP contribution in [0.4, 0.5) is 0 Å². The highest BCUT2D eigenvalue weighted by Crippen LogP contribution is 2.22. The Bertz CT molecular complexity index is 617. The van der Waals surface area contributed by atoms with Crippen LogP contribution in [0.5, 0.6) is 5.75 Å². The van der Waals surface area contributed by atoms with Crippen LogP contribution in [-0.2, 0) is 22.7 Å². The molecule has 0 amide bonds. The zero-order valence-corrected chi connectivity index (χ0v) is 12.4. The molecule has 0 bridgehead atoms. The molecule has 2 rings (SSSR count). The number of carboxylic acids is 1. The Labute approximate surface area is 127 Å². The molecular weight excluding hydrogens is 288 g/mol. The number of hydrogen-bond acceptors (Lipinski definition) is 4. The first-order valence-corrected chi connectivity index (χ1v) is 7.25. The van der Waals surface area contributed by atoms with Gasteiger partial charge in [0.15, 0.2) is 0 Å². The van der Waals surface area contributed by atoms with E-state index in [-0.39, 0.29) is 0 Å². The molecule has 0 spiro atoms. The Hall–Kier alpha value is -2.11. The van der Waals surface area contributed by atoms with Crippen molar-refractivity contribution in [2.75, 3.05) is 7.11 Å². The summed E-state index contributed by atoms with van der Waals surface area (Å²) in [6.07, 6.45) is 2.61. The van der Waals surface area contributed by atoms with Crippen molar-refractivity contribution in [2.45, 2.75) is 13.2 Å². The molecule has 0 fully saturated rings. The molecule has 1 heterocycles. The monoisotopic (exact) mass is 304 g/mol. The van der Waals surface area contributed by atoms with Gasteiger partial charge in [-0.25, -0.2) is 4.79 Å². The maximum atomic E-state index is 10.6. The van der Waals surface area contributed by atoms with Gasteiger partial charge >= 0.3 is 5.97 Å². The molecule has 2 aromatic rings. The zero-order chi connectivity index (χ0) is 15.1. The van der Waals surface area contributed by atoms with Gasteiger partial charge in [0.2, 0.25) is 0 Å². The van der Waals surface area contributed by atoms with Crippen LogP contribution in [0.15, 0.2) is 41.8 Å². The summed E-state index contributed by atoms with van der Waals surface area (Å²) in [7, 11) is 1.56. The van der Waals surface area contributed by atoms with Crippen LogP contribution >= 0.6 is 11.3 Å². The van der Waals surface area contributed by atoms with Gasteiger partial charge < -0.3 is 14.6 Å². The molecule has 110 valence electrons. The van der Waals surface area contributed by atoms with E-state index in [9.17, 15) is 4.79 Å². The molecule has 0 aliphatic rings. The van der Waals surface area contributed by atoms with E-state index >= 15 is 0 Å². The summed E-state index contributed by atoms with van der Waals surface area (Å²) < 4.78 is 10.9. The molecule has 0 unspecified atom stereocenters. The van der Waals surface area contributed by atoms with Gasteiger partial charge in [-0.05, 0) is 35.2 Å². The second kappa shape index (κ2) is 7.61. The van der Waals surface area contributed by atoms with Crippen LogP contribution < -0.4 is 4.74 Å². The lowest BCUT2D eigenvalue weighted by Crippen LogP contribution is -1.95. The van der Waals surface area contributed by atoms with E-state index in [0.717, 1.165) is 17.2 Å². The first-order chi connectivity index (χ1) is 10.2. The molecule has 0 aliphatic carbocycles. The molecule has 0 atom stereocenters. The molecular formula is C16H16O4S. The third-order valence-corrected chi connectivity index (χ3v) is 3.64. The molecule has 0 saturated carbocycles. The first-order valence-electron chi connectivity index (χ1n) is 6.37. The van der Waals surface area contributed by atoms with Crippen molar-refractivity contribution in [1.82, 2.24) is 0 Å². The minimum Gasteiger partial charge on any atom is -0.496 e. The van der Waals surface area contributed by atoms with Gasteiger partial charge in [0, 0.05) is 16.5 Å². The van der Waals surface area contributed by atoms with E-state index < -0.39 is 5.97 Å². The summed E-state index contributed by atoms with van der Waals surface area (Å²) in [6.45, 7) is 1.04. The van der Waals surface area contributed by atoms with E-state index in [1.807, 2.05) is 35.7 Å². The molecule has 1 N–H and O–H groups in total. The van der Waals surface area contributed by atoms with Crippen LogP contribution in [0.1, 0.15) is 16.0 Å². The summed E-state index contributed by atoms with van der Waals surface area (Å²) in [6, 6.07) is 9.61. The molecule has 1 aromatic heterocycles. The smallest absolute Gasteiger partial charge is 0.328 e. The van der Waals surface area contributed by atoms with E-state index in [1.54, 1.807) is 18.4 Å². The summed E-state index contributed by atoms with van der Waals surface area (Å²) in [4.78, 5) is 11.8. The van der Waals surface area contributed by atoms with Crippen LogP contribution in [0.3, 0.4) is 0 Å². The Morgan fingerprint density at radius 2 is 2.19 bits per heavy atom. The summed E-state index contributed by atoms with van der Waals surface area (Å²) in [5.74, 6) is -0.356. The maximum absolute atomic E-state index is 10.6. The minimum atomic E-state index is -0.989. The van der Waals surface area contributed by atoms with Gasteiger partial charge in [0.25, 0.3) is 0 Å². The van der Waals surface area contributed by atoms with Gasteiger partial charge in [-0.2, -0.15) is 0 Å². The van der Waals surface area contributed by atoms with Gasteiger partial charge in [-0.15, -0.1) is 11.3 Å². The molecule has 4 nitrogen and oxygen atoms in total. The fraction of sp³-hybridized carbons (Fsp3) is 0.188. The zero-order valence-electron chi connectivity index (χ0n) is 11.6. The number of benzene rings is 1. The van der Waals surface area contributed by atoms with E-state index in [0.29, 0.717) is 19.0 Å². The maximum Gasteiger partial charge on any atom is 0.328 e. The Morgan fingerprint density at radius 3 is 2.86 bits per heavy atom. The third kappa shape index (κ3) is 4.73. The Morgan fingerprint density at radius 1 is 1.33 bits per heavy atom. The molecule has 0 saturated heterocycles. The number of methoxy groups -OCH3 is 1. The van der Waals surface area contributed by atoms with Crippen molar-refractivity contribution in [1.29, 1.82) is 0 Å². The number of aliphatic carboxylic acids is 1. The van der Waals surface area contributed by atoms with Gasteiger partial charge in [-0.3, -0.25) is 0 Å². The van der Waals surface area contributed by atoms with Gasteiger partial charge in [0.1, 0.15) is 5.75 Å². The highest BCUT2D eigenvalue weighted by molar-refractivity contribution is 7.09. The van der Waals surface area contributed by atoms with Crippen molar-refractivity contribution in [3.8, 4) is 5.75 Å². The predicted octanol–water partition coefficient (Wildman–Crippen LogP) is 3.57. The predicted molar refractivity (Wildman–Crippen MR) is 82.5 cm³/mol. The first kappa shape index (κ1) is 15.3. The number of carbonyl (C=O) groups is 1. The summed E-state index contributed by atoms with van der Waals surface area (Å²) >= 11 is 1.66. The fourth-order valence-corrected chi connectivity index (χ4v) is 2.47. The molecule has 0 aliphatic heterocycles. The summed E-state index contributed by atoms with van der Waals surface area (Å²) in [5, 5.41) is 10.7. The van der Waals surface area contributed by atoms with Crippen molar-refractivity contribution < 1.29 is 19.4 Å². The van der Waals surface area contributed by atoms with Crippen molar-refractivity contribution >= 4 is 23.4 Å². The molecule has 21 heavy (non-hydrogen) atoms. The second-order valence-corrected chi connectivity index (χ2v) is 5.35. The molecule has 1 aromatic carbocycles. The highest BCUT2D eigenvalue weighted by atomic mass is 32.1. The van der Waals surface area contributed by atoms with Gasteiger partial charge in [0.05, 0.1) is 20.3 Å². The van der Waals surface area contributed by atoms with Crippen LogP contribution in [-0.4, -0.2) is 18.2 Å². The number of rotatable bonds is 7. The Kier molecular flexibility index (Phi) is 5.54. The topological polar surface area (TPSA) is 55.8 Å². The van der Waals surface area contributed by atoms with E-state index in [2.05, 4.69) is 0 Å². The number of thiophene rings is 1. The second-order valence-electron chi connectivity index (χ2n) is 4.32. The number of hydrogen-bond donors (Lipinski definition) is 1. The quantitative estimate of drug-likeness (QED) is 0.795. The lowest BCUT2D eigenvalue weighted by molar-refractivity contribution is -0.131. The molecule has 5 heteroatoms. The van der Waals surface area contributed by atoms with Gasteiger partial charge in [-0.1, -0.05) is 12.1 Å². The van der Waals surface area contributed by atoms with Crippen molar-refractivity contribution in [2.24, 2.45) is 0 Å². The lowest BCUT2D eigenvalue weighted by atomic mass is 10.1. The normalized spacial score (nSPS) is 10.9. The lowest BCUT2D eigenvalue weighted by Gasteiger charge is -2.08. The highest BCUT2D eigenvalue weighted by Gasteiger charge is 2.03. The number of carboxylic acid groups (broad SMARTS) is 1. The fourth-order valence-electron chi connectivity index (χ4n) is 1.83. The largest absolute Gasteiger partial charge is 0.496 e. The Balaban J connectivity index is 2.02. The average molecular weight is 304 g/mol.